The van der Waals surface area contributed by atoms with Crippen LogP contribution in [0.5, 0.6) is 0 Å². The maximum absolute atomic E-state index is 13.3. The van der Waals surface area contributed by atoms with Crippen LogP contribution in [0.3, 0.4) is 0 Å². The second-order valence-electron chi connectivity index (χ2n) is 8.47. The van der Waals surface area contributed by atoms with Crippen LogP contribution in [0.25, 0.3) is 22.4 Å². The Kier molecular flexibility index (Phi) is 5.09. The Hall–Kier alpha value is -3.74. The first kappa shape index (κ1) is 20.2. The molecule has 1 saturated carbocycles. The molecule has 1 aliphatic carbocycles. The molecule has 1 fully saturated rings. The number of aryl methyl sites for hydroxylation is 1. The Morgan fingerprint density at radius 3 is 2.59 bits per heavy atom. The van der Waals surface area contributed by atoms with Gasteiger partial charge >= 0.3 is 0 Å². The van der Waals surface area contributed by atoms with Gasteiger partial charge in [-0.15, -0.1) is 0 Å². The molecule has 0 radical (unpaired) electrons. The maximum atomic E-state index is 13.3. The molecule has 0 bridgehead atoms. The monoisotopic (exact) mass is 427 g/mol. The molecule has 2 N–H and O–H groups in total. The summed E-state index contributed by atoms with van der Waals surface area (Å²) in [6.45, 7) is 1.99. The lowest BCUT2D eigenvalue weighted by atomic mass is 9.95. The van der Waals surface area contributed by atoms with E-state index < -0.39 is 0 Å². The molecule has 162 valence electrons. The molecule has 0 spiro atoms. The van der Waals surface area contributed by atoms with Gasteiger partial charge in [0.1, 0.15) is 11.1 Å². The molecule has 0 unspecified atom stereocenters. The Bertz CT molecular complexity index is 1440. The summed E-state index contributed by atoms with van der Waals surface area (Å²) in [6, 6.07) is 14.6. The molecule has 1 amide bonds. The number of rotatable bonds is 3. The van der Waals surface area contributed by atoms with E-state index in [9.17, 15) is 9.59 Å². The second kappa shape index (κ2) is 8.07. The van der Waals surface area contributed by atoms with Crippen molar-refractivity contribution in [2.75, 3.05) is 0 Å². The van der Waals surface area contributed by atoms with Crippen molar-refractivity contribution in [3.8, 4) is 5.69 Å². The second-order valence-corrected chi connectivity index (χ2v) is 8.47. The normalized spacial score (nSPS) is 14.7. The Morgan fingerprint density at radius 1 is 1.09 bits per heavy atom. The number of benzene rings is 1. The number of amides is 1. The molecule has 4 aromatic rings. The van der Waals surface area contributed by atoms with Gasteiger partial charge in [-0.2, -0.15) is 0 Å². The highest BCUT2D eigenvalue weighted by Gasteiger charge is 2.21. The van der Waals surface area contributed by atoms with E-state index in [1.54, 1.807) is 22.9 Å². The summed E-state index contributed by atoms with van der Waals surface area (Å²) in [5.74, 6) is -0.317. The quantitative estimate of drug-likeness (QED) is 0.490. The lowest BCUT2D eigenvalue weighted by Crippen LogP contribution is -2.40. The number of aromatic nitrogens is 3. The highest BCUT2D eigenvalue weighted by molar-refractivity contribution is 5.97. The highest BCUT2D eigenvalue weighted by Crippen LogP contribution is 2.19. The largest absolute Gasteiger partial charge is 0.349 e. The fraction of sp³-hybridized carbons (Fsp3) is 0.280. The molecule has 3 heterocycles. The van der Waals surface area contributed by atoms with Gasteiger partial charge in [0.15, 0.2) is 5.65 Å². The predicted molar refractivity (Wildman–Crippen MR) is 123 cm³/mol. The van der Waals surface area contributed by atoms with Gasteiger partial charge in [0.2, 0.25) is 0 Å². The SMILES string of the molecule is Cc1ccc(-n2c(=N)c(C(=O)NC3CCCCC3)cc3c(=O)n4ccccc4nc32)cc1. The van der Waals surface area contributed by atoms with Crippen molar-refractivity contribution in [1.82, 2.24) is 19.3 Å². The molecule has 5 rings (SSSR count). The van der Waals surface area contributed by atoms with E-state index >= 15 is 0 Å². The average Bonchev–Trinajstić information content (AvgIpc) is 2.80. The molecular formula is C25H25N5O2. The van der Waals surface area contributed by atoms with Gasteiger partial charge in [-0.1, -0.05) is 43.0 Å². The molecule has 3 aromatic heterocycles. The molecule has 7 heteroatoms. The number of nitrogens with one attached hydrogen (secondary N) is 2. The first-order chi connectivity index (χ1) is 15.5. The predicted octanol–water partition coefficient (Wildman–Crippen LogP) is 3.49. The van der Waals surface area contributed by atoms with Gasteiger partial charge in [0.05, 0.1) is 10.9 Å². The van der Waals surface area contributed by atoms with Crippen molar-refractivity contribution >= 4 is 22.6 Å². The van der Waals surface area contributed by atoms with Crippen LogP contribution in [0.1, 0.15) is 48.0 Å². The van der Waals surface area contributed by atoms with Gasteiger partial charge in [0, 0.05) is 17.9 Å². The van der Waals surface area contributed by atoms with Crippen LogP contribution in [-0.4, -0.2) is 25.9 Å². The van der Waals surface area contributed by atoms with Crippen LogP contribution in [-0.2, 0) is 0 Å². The zero-order valence-corrected chi connectivity index (χ0v) is 18.0. The fourth-order valence-electron chi connectivity index (χ4n) is 4.46. The van der Waals surface area contributed by atoms with E-state index in [0.717, 1.165) is 31.2 Å². The van der Waals surface area contributed by atoms with Gasteiger partial charge in [-0.25, -0.2) is 4.98 Å². The Morgan fingerprint density at radius 2 is 1.84 bits per heavy atom. The average molecular weight is 428 g/mol. The van der Waals surface area contributed by atoms with Gasteiger partial charge < -0.3 is 5.32 Å². The van der Waals surface area contributed by atoms with E-state index in [1.807, 2.05) is 37.3 Å². The summed E-state index contributed by atoms with van der Waals surface area (Å²) < 4.78 is 3.06. The first-order valence-electron chi connectivity index (χ1n) is 11.0. The third-order valence-corrected chi connectivity index (χ3v) is 6.21. The smallest absolute Gasteiger partial charge is 0.267 e. The zero-order valence-electron chi connectivity index (χ0n) is 18.0. The van der Waals surface area contributed by atoms with E-state index in [1.165, 1.54) is 16.9 Å². The van der Waals surface area contributed by atoms with Crippen molar-refractivity contribution in [1.29, 1.82) is 5.41 Å². The lowest BCUT2D eigenvalue weighted by molar-refractivity contribution is 0.0925. The van der Waals surface area contributed by atoms with E-state index in [4.69, 9.17) is 5.41 Å². The number of fused-ring (bicyclic) bond motifs is 2. The standard InChI is InChI=1S/C25H25N5O2/c1-16-10-12-18(13-11-16)30-22(26)19(24(31)27-17-7-3-2-4-8-17)15-20-23(30)28-21-9-5-6-14-29(21)25(20)32/h5-6,9-15,17,26H,2-4,7-8H2,1H3,(H,27,31). The van der Waals surface area contributed by atoms with Gasteiger partial charge in [-0.05, 0) is 50.1 Å². The summed E-state index contributed by atoms with van der Waals surface area (Å²) >= 11 is 0. The van der Waals surface area contributed by atoms with Crippen LogP contribution in [0, 0.1) is 12.3 Å². The van der Waals surface area contributed by atoms with E-state index in [-0.39, 0.29) is 28.6 Å². The Labute approximate surface area is 184 Å². The van der Waals surface area contributed by atoms with Crippen molar-refractivity contribution in [2.45, 2.75) is 45.1 Å². The third kappa shape index (κ3) is 3.49. The van der Waals surface area contributed by atoms with Crippen molar-refractivity contribution in [3.05, 3.63) is 81.7 Å². The number of carbonyl (C=O) groups excluding carboxylic acids is 1. The number of nitrogens with zero attached hydrogens (tertiary/aromatic N) is 3. The number of carbonyl (C=O) groups is 1. The van der Waals surface area contributed by atoms with Crippen LogP contribution in [0.15, 0.2) is 59.5 Å². The van der Waals surface area contributed by atoms with Crippen LogP contribution >= 0.6 is 0 Å². The van der Waals surface area contributed by atoms with E-state index in [0.29, 0.717) is 22.4 Å². The molecule has 0 atom stereocenters. The summed E-state index contributed by atoms with van der Waals surface area (Å²) in [4.78, 5) is 31.2. The van der Waals surface area contributed by atoms with Crippen LogP contribution in [0.2, 0.25) is 0 Å². The first-order valence-corrected chi connectivity index (χ1v) is 11.0. The minimum absolute atomic E-state index is 0.0156. The molecule has 32 heavy (non-hydrogen) atoms. The van der Waals surface area contributed by atoms with Crippen molar-refractivity contribution in [3.63, 3.8) is 0 Å². The molecular weight excluding hydrogens is 402 g/mol. The minimum atomic E-state index is -0.317. The summed E-state index contributed by atoms with van der Waals surface area (Å²) in [5.41, 5.74) is 2.55. The minimum Gasteiger partial charge on any atom is -0.349 e. The molecule has 1 aliphatic rings. The summed E-state index contributed by atoms with van der Waals surface area (Å²) in [7, 11) is 0. The van der Waals surface area contributed by atoms with Crippen LogP contribution < -0.4 is 16.4 Å². The molecule has 1 aromatic carbocycles. The highest BCUT2D eigenvalue weighted by atomic mass is 16.2. The maximum Gasteiger partial charge on any atom is 0.267 e. The molecule has 0 saturated heterocycles. The van der Waals surface area contributed by atoms with Gasteiger partial charge in [0.25, 0.3) is 11.5 Å². The topological polar surface area (TPSA) is 92.2 Å². The number of hydrogen-bond donors (Lipinski definition) is 2. The molecule has 0 aliphatic heterocycles. The zero-order chi connectivity index (χ0) is 22.2. The molecule has 7 nitrogen and oxygen atoms in total. The van der Waals surface area contributed by atoms with Gasteiger partial charge in [-0.3, -0.25) is 24.0 Å². The van der Waals surface area contributed by atoms with Crippen molar-refractivity contribution in [2.24, 2.45) is 0 Å². The third-order valence-electron chi connectivity index (χ3n) is 6.21. The summed E-state index contributed by atoms with van der Waals surface area (Å²) in [6.07, 6.45) is 6.93. The fourth-order valence-corrected chi connectivity index (χ4v) is 4.46. The van der Waals surface area contributed by atoms with E-state index in [2.05, 4.69) is 10.3 Å². The Balaban J connectivity index is 1.77. The number of pyridine rings is 2. The number of hydrogen-bond acceptors (Lipinski definition) is 4. The summed E-state index contributed by atoms with van der Waals surface area (Å²) in [5, 5.41) is 12.3. The van der Waals surface area contributed by atoms with Crippen molar-refractivity contribution < 1.29 is 4.79 Å². The lowest BCUT2D eigenvalue weighted by Gasteiger charge is -2.23. The van der Waals surface area contributed by atoms with Crippen LogP contribution in [0.4, 0.5) is 0 Å².